The maximum Gasteiger partial charge on any atom is 0.181 e. The van der Waals surface area contributed by atoms with Gasteiger partial charge in [0.1, 0.15) is 11.6 Å². The number of para-hydroxylation sites is 1. The monoisotopic (exact) mass is 278 g/mol. The first kappa shape index (κ1) is 12.4. The van der Waals surface area contributed by atoms with E-state index in [-0.39, 0.29) is 16.8 Å². The largest absolute Gasteiger partial charge is 0.493 e. The Morgan fingerprint density at radius 3 is 2.89 bits per heavy atom. The Morgan fingerprint density at radius 1 is 1.32 bits per heavy atom. The van der Waals surface area contributed by atoms with Gasteiger partial charge in [0.2, 0.25) is 0 Å². The van der Waals surface area contributed by atoms with Gasteiger partial charge >= 0.3 is 0 Å². The number of aryl methyl sites for hydroxylation is 1. The van der Waals surface area contributed by atoms with E-state index < -0.39 is 5.82 Å². The van der Waals surface area contributed by atoms with Crippen LogP contribution in [0.1, 0.15) is 29.4 Å². The molecule has 0 aliphatic carbocycles. The summed E-state index contributed by atoms with van der Waals surface area (Å²) in [6.45, 7) is 2.19. The number of nitrogens with zero attached hydrogens (tertiary/aromatic N) is 2. The van der Waals surface area contributed by atoms with Crippen LogP contribution in [0.5, 0.6) is 5.75 Å². The molecule has 0 bridgehead atoms. The van der Waals surface area contributed by atoms with Gasteiger partial charge in [-0.1, -0.05) is 29.8 Å². The van der Waals surface area contributed by atoms with E-state index in [1.54, 1.807) is 6.92 Å². The predicted molar refractivity (Wildman–Crippen MR) is 70.1 cm³/mol. The zero-order valence-electron chi connectivity index (χ0n) is 10.4. The second-order valence-electron chi connectivity index (χ2n) is 4.50. The average Bonchev–Trinajstić information content (AvgIpc) is 2.43. The molecular formula is C14H12ClFN2O. The summed E-state index contributed by atoms with van der Waals surface area (Å²) < 4.78 is 19.1. The Labute approximate surface area is 115 Å². The molecule has 2 heterocycles. The maximum atomic E-state index is 13.5. The molecule has 0 amide bonds. The predicted octanol–water partition coefficient (Wildman–Crippen LogP) is 3.49. The van der Waals surface area contributed by atoms with Crippen molar-refractivity contribution in [1.82, 2.24) is 9.97 Å². The molecule has 1 aromatic carbocycles. The Balaban J connectivity index is 2.09. The molecule has 3 nitrogen and oxygen atoms in total. The van der Waals surface area contributed by atoms with Crippen molar-refractivity contribution in [2.75, 3.05) is 6.61 Å². The van der Waals surface area contributed by atoms with E-state index in [0.29, 0.717) is 12.4 Å². The van der Waals surface area contributed by atoms with Crippen LogP contribution in [0.4, 0.5) is 4.39 Å². The topological polar surface area (TPSA) is 35.0 Å². The van der Waals surface area contributed by atoms with E-state index in [1.165, 1.54) is 0 Å². The van der Waals surface area contributed by atoms with Crippen molar-refractivity contribution in [3.05, 3.63) is 52.3 Å². The van der Waals surface area contributed by atoms with Crippen molar-refractivity contribution >= 4 is 11.6 Å². The SMILES string of the molecule is Cc1nc(C2CCOc3ccccc32)nc(Cl)c1F. The van der Waals surface area contributed by atoms with Gasteiger partial charge in [-0.15, -0.1) is 0 Å². The number of hydrogen-bond donors (Lipinski definition) is 0. The molecule has 0 saturated carbocycles. The maximum absolute atomic E-state index is 13.5. The molecule has 0 radical (unpaired) electrons. The minimum absolute atomic E-state index is 0.00162. The molecule has 5 heteroatoms. The summed E-state index contributed by atoms with van der Waals surface area (Å²) in [6, 6.07) is 7.76. The van der Waals surface area contributed by atoms with Crippen LogP contribution in [-0.2, 0) is 0 Å². The molecule has 1 atom stereocenters. The van der Waals surface area contributed by atoms with Crippen molar-refractivity contribution < 1.29 is 9.13 Å². The number of fused-ring (bicyclic) bond motifs is 1. The quantitative estimate of drug-likeness (QED) is 0.749. The van der Waals surface area contributed by atoms with Crippen LogP contribution >= 0.6 is 11.6 Å². The van der Waals surface area contributed by atoms with Gasteiger partial charge in [-0.25, -0.2) is 14.4 Å². The standard InChI is InChI=1S/C14H12ClFN2O/c1-8-12(16)13(15)18-14(17-8)10-6-7-19-11-5-3-2-4-9(10)11/h2-5,10H,6-7H2,1H3. The lowest BCUT2D eigenvalue weighted by atomic mass is 9.92. The Hall–Kier alpha value is -1.68. The highest BCUT2D eigenvalue weighted by Gasteiger charge is 2.26. The number of ether oxygens (including phenoxy) is 1. The molecule has 1 aromatic heterocycles. The fourth-order valence-corrected chi connectivity index (χ4v) is 2.53. The number of halogens is 2. The van der Waals surface area contributed by atoms with E-state index >= 15 is 0 Å². The molecule has 3 rings (SSSR count). The zero-order valence-corrected chi connectivity index (χ0v) is 11.1. The summed E-state index contributed by atoms with van der Waals surface area (Å²) in [7, 11) is 0. The van der Waals surface area contributed by atoms with Gasteiger partial charge in [-0.2, -0.15) is 0 Å². The molecule has 19 heavy (non-hydrogen) atoms. The minimum Gasteiger partial charge on any atom is -0.493 e. The highest BCUT2D eigenvalue weighted by atomic mass is 35.5. The van der Waals surface area contributed by atoms with E-state index in [4.69, 9.17) is 16.3 Å². The first-order valence-electron chi connectivity index (χ1n) is 6.08. The summed E-state index contributed by atoms with van der Waals surface area (Å²) >= 11 is 5.81. The summed E-state index contributed by atoms with van der Waals surface area (Å²) in [5.74, 6) is 0.840. The second-order valence-corrected chi connectivity index (χ2v) is 4.86. The summed E-state index contributed by atoms with van der Waals surface area (Å²) in [6.07, 6.45) is 0.762. The first-order valence-corrected chi connectivity index (χ1v) is 6.46. The van der Waals surface area contributed by atoms with Crippen LogP contribution in [0.2, 0.25) is 5.15 Å². The summed E-state index contributed by atoms with van der Waals surface area (Å²) in [4.78, 5) is 8.31. The second kappa shape index (κ2) is 4.78. The molecule has 98 valence electrons. The lowest BCUT2D eigenvalue weighted by molar-refractivity contribution is 0.274. The molecule has 0 N–H and O–H groups in total. The van der Waals surface area contributed by atoms with E-state index in [9.17, 15) is 4.39 Å². The van der Waals surface area contributed by atoms with E-state index in [1.807, 2.05) is 24.3 Å². The molecule has 2 aromatic rings. The van der Waals surface area contributed by atoms with Crippen molar-refractivity contribution in [3.8, 4) is 5.75 Å². The van der Waals surface area contributed by atoms with Gasteiger partial charge in [0.25, 0.3) is 0 Å². The van der Waals surface area contributed by atoms with Crippen LogP contribution in [0.15, 0.2) is 24.3 Å². The number of hydrogen-bond acceptors (Lipinski definition) is 3. The third kappa shape index (κ3) is 2.16. The van der Waals surface area contributed by atoms with E-state index in [2.05, 4.69) is 9.97 Å². The molecule has 0 spiro atoms. The Morgan fingerprint density at radius 2 is 2.11 bits per heavy atom. The number of benzene rings is 1. The first-order chi connectivity index (χ1) is 9.16. The minimum atomic E-state index is -0.550. The van der Waals surface area contributed by atoms with Crippen LogP contribution in [0.3, 0.4) is 0 Å². The van der Waals surface area contributed by atoms with Crippen molar-refractivity contribution in [2.45, 2.75) is 19.3 Å². The van der Waals surface area contributed by atoms with Gasteiger partial charge in [-0.05, 0) is 19.4 Å². The van der Waals surface area contributed by atoms with Crippen LogP contribution in [-0.4, -0.2) is 16.6 Å². The van der Waals surface area contributed by atoms with Gasteiger partial charge in [0.15, 0.2) is 11.0 Å². The average molecular weight is 279 g/mol. The number of rotatable bonds is 1. The molecule has 1 aliphatic heterocycles. The third-order valence-electron chi connectivity index (χ3n) is 3.26. The van der Waals surface area contributed by atoms with Gasteiger partial charge in [-0.3, -0.25) is 0 Å². The van der Waals surface area contributed by atoms with Gasteiger partial charge in [0, 0.05) is 5.56 Å². The third-order valence-corrected chi connectivity index (χ3v) is 3.51. The van der Waals surface area contributed by atoms with Crippen LogP contribution < -0.4 is 4.74 Å². The normalized spacial score (nSPS) is 17.7. The smallest absolute Gasteiger partial charge is 0.181 e. The zero-order chi connectivity index (χ0) is 13.4. The fraction of sp³-hybridized carbons (Fsp3) is 0.286. The van der Waals surface area contributed by atoms with Gasteiger partial charge in [0.05, 0.1) is 18.2 Å². The van der Waals surface area contributed by atoms with Crippen molar-refractivity contribution in [3.63, 3.8) is 0 Å². The van der Waals surface area contributed by atoms with Crippen LogP contribution in [0, 0.1) is 12.7 Å². The Bertz CT molecular complexity index is 610. The fourth-order valence-electron chi connectivity index (χ4n) is 2.31. The molecule has 1 aliphatic rings. The molecule has 1 unspecified atom stereocenters. The van der Waals surface area contributed by atoms with Crippen LogP contribution in [0.25, 0.3) is 0 Å². The molecule has 0 fully saturated rings. The highest BCUT2D eigenvalue weighted by Crippen LogP contribution is 2.37. The van der Waals surface area contributed by atoms with Crippen molar-refractivity contribution in [2.24, 2.45) is 0 Å². The summed E-state index contributed by atoms with van der Waals surface area (Å²) in [5.41, 5.74) is 1.30. The lowest BCUT2D eigenvalue weighted by Crippen LogP contribution is -2.18. The number of aromatic nitrogens is 2. The van der Waals surface area contributed by atoms with E-state index in [0.717, 1.165) is 17.7 Å². The highest BCUT2D eigenvalue weighted by molar-refractivity contribution is 6.29. The lowest BCUT2D eigenvalue weighted by Gasteiger charge is -2.25. The molecule has 0 saturated heterocycles. The molecular weight excluding hydrogens is 267 g/mol. The summed E-state index contributed by atoms with van der Waals surface area (Å²) in [5, 5.41) is -0.119. The van der Waals surface area contributed by atoms with Crippen molar-refractivity contribution in [1.29, 1.82) is 0 Å². The van der Waals surface area contributed by atoms with Gasteiger partial charge < -0.3 is 4.74 Å². The Kier molecular flexibility index (Phi) is 3.11.